The van der Waals surface area contributed by atoms with E-state index in [1.165, 1.54) is 25.3 Å². The Labute approximate surface area is 151 Å². The maximum atomic E-state index is 13.5. The van der Waals surface area contributed by atoms with Crippen LogP contribution in [-0.2, 0) is 0 Å². The molecule has 1 saturated heterocycles. The van der Waals surface area contributed by atoms with Gasteiger partial charge >= 0.3 is 0 Å². The van der Waals surface area contributed by atoms with Gasteiger partial charge in [-0.25, -0.2) is 4.39 Å². The number of carbonyl (C=O) groups excluding carboxylic acids is 1. The number of likely N-dealkylation sites (tertiary alicyclic amines) is 1. The molecule has 2 aromatic carbocycles. The highest BCUT2D eigenvalue weighted by Gasteiger charge is 2.25. The number of amides is 1. The Hall–Kier alpha value is -2.27. The van der Waals surface area contributed by atoms with Gasteiger partial charge in [-0.2, -0.15) is 0 Å². The number of rotatable bonds is 4. The van der Waals surface area contributed by atoms with Crippen molar-refractivity contribution in [1.29, 1.82) is 0 Å². The molecule has 0 aliphatic carbocycles. The van der Waals surface area contributed by atoms with Crippen LogP contribution >= 0.6 is 11.6 Å². The van der Waals surface area contributed by atoms with Crippen LogP contribution in [0.3, 0.4) is 0 Å². The molecule has 0 bridgehead atoms. The highest BCUT2D eigenvalue weighted by molar-refractivity contribution is 6.30. The Morgan fingerprint density at radius 2 is 1.84 bits per heavy atom. The summed E-state index contributed by atoms with van der Waals surface area (Å²) in [5.74, 6) is 0.252. The third kappa shape index (κ3) is 4.23. The molecule has 0 N–H and O–H groups in total. The zero-order valence-electron chi connectivity index (χ0n) is 13.9. The maximum Gasteiger partial charge on any atom is 0.253 e. The lowest BCUT2D eigenvalue weighted by Crippen LogP contribution is -2.41. The van der Waals surface area contributed by atoms with Crippen molar-refractivity contribution in [3.05, 3.63) is 58.9 Å². The van der Waals surface area contributed by atoms with E-state index in [1.54, 1.807) is 17.0 Å². The number of hydrogen-bond donors (Lipinski definition) is 0. The first-order valence-electron chi connectivity index (χ1n) is 8.12. The molecule has 1 heterocycles. The van der Waals surface area contributed by atoms with Crippen LogP contribution in [0.5, 0.6) is 11.5 Å². The number of piperidine rings is 1. The molecule has 1 amide bonds. The van der Waals surface area contributed by atoms with E-state index in [0.29, 0.717) is 23.7 Å². The fraction of sp³-hybridized carbons (Fsp3) is 0.316. The summed E-state index contributed by atoms with van der Waals surface area (Å²) in [7, 11) is 1.38. The van der Waals surface area contributed by atoms with Gasteiger partial charge in [0.05, 0.1) is 7.11 Å². The average molecular weight is 364 g/mol. The van der Waals surface area contributed by atoms with Gasteiger partial charge in [-0.05, 0) is 42.5 Å². The first-order valence-corrected chi connectivity index (χ1v) is 8.49. The molecule has 3 rings (SSSR count). The number of methoxy groups -OCH3 is 1. The number of nitrogens with zero attached hydrogens (tertiary/aromatic N) is 1. The van der Waals surface area contributed by atoms with Crippen LogP contribution in [0.2, 0.25) is 5.02 Å². The molecule has 4 nitrogen and oxygen atoms in total. The van der Waals surface area contributed by atoms with Crippen molar-refractivity contribution in [2.75, 3.05) is 20.2 Å². The molecule has 25 heavy (non-hydrogen) atoms. The van der Waals surface area contributed by atoms with Gasteiger partial charge < -0.3 is 14.4 Å². The van der Waals surface area contributed by atoms with Crippen molar-refractivity contribution in [3.63, 3.8) is 0 Å². The quantitative estimate of drug-likeness (QED) is 0.818. The maximum absolute atomic E-state index is 13.5. The zero-order valence-corrected chi connectivity index (χ0v) is 14.6. The number of ether oxygens (including phenoxy) is 2. The fourth-order valence-corrected chi connectivity index (χ4v) is 2.98. The number of hydrogen-bond acceptors (Lipinski definition) is 3. The minimum atomic E-state index is -0.478. The molecule has 132 valence electrons. The summed E-state index contributed by atoms with van der Waals surface area (Å²) in [6, 6.07) is 11.4. The Kier molecular flexibility index (Phi) is 5.43. The lowest BCUT2D eigenvalue weighted by molar-refractivity contribution is 0.0595. The van der Waals surface area contributed by atoms with Gasteiger partial charge in [0, 0.05) is 36.5 Å². The van der Waals surface area contributed by atoms with Crippen molar-refractivity contribution >= 4 is 17.5 Å². The summed E-state index contributed by atoms with van der Waals surface area (Å²) in [6.45, 7) is 1.19. The van der Waals surface area contributed by atoms with E-state index in [9.17, 15) is 9.18 Å². The second-order valence-electron chi connectivity index (χ2n) is 5.91. The van der Waals surface area contributed by atoms with Gasteiger partial charge in [-0.1, -0.05) is 11.6 Å². The van der Waals surface area contributed by atoms with Gasteiger partial charge in [0.2, 0.25) is 0 Å². The number of carbonyl (C=O) groups is 1. The zero-order chi connectivity index (χ0) is 17.8. The van der Waals surface area contributed by atoms with Crippen molar-refractivity contribution in [3.8, 4) is 11.5 Å². The molecule has 6 heteroatoms. The molecule has 0 radical (unpaired) electrons. The Morgan fingerprint density at radius 1 is 1.16 bits per heavy atom. The predicted octanol–water partition coefficient (Wildman–Crippen LogP) is 4.17. The molecule has 0 aromatic heterocycles. The molecule has 0 unspecified atom stereocenters. The predicted molar refractivity (Wildman–Crippen MR) is 94.0 cm³/mol. The third-order valence-electron chi connectivity index (χ3n) is 4.24. The summed E-state index contributed by atoms with van der Waals surface area (Å²) in [5, 5.41) is 0.669. The lowest BCUT2D eigenvalue weighted by Gasteiger charge is -2.32. The molecule has 1 aliphatic heterocycles. The summed E-state index contributed by atoms with van der Waals surface area (Å²) < 4.78 is 24.4. The molecule has 0 saturated carbocycles. The van der Waals surface area contributed by atoms with Crippen LogP contribution in [0.1, 0.15) is 23.2 Å². The number of halogens is 2. The fourth-order valence-electron chi connectivity index (χ4n) is 2.86. The van der Waals surface area contributed by atoms with E-state index in [-0.39, 0.29) is 17.8 Å². The minimum absolute atomic E-state index is 0.0629. The van der Waals surface area contributed by atoms with Crippen molar-refractivity contribution in [2.24, 2.45) is 0 Å². The van der Waals surface area contributed by atoms with Gasteiger partial charge in [-0.3, -0.25) is 4.79 Å². The second kappa shape index (κ2) is 7.74. The molecule has 1 aliphatic rings. The van der Waals surface area contributed by atoms with Crippen molar-refractivity contribution in [2.45, 2.75) is 18.9 Å². The first-order chi connectivity index (χ1) is 12.1. The standard InChI is InChI=1S/C19H19ClFNO3/c1-24-18-12-13(2-7-17(18)21)19(23)22-10-8-16(9-11-22)25-15-5-3-14(20)4-6-15/h2-7,12,16H,8-11H2,1H3. The molecule has 1 fully saturated rings. The highest BCUT2D eigenvalue weighted by atomic mass is 35.5. The smallest absolute Gasteiger partial charge is 0.253 e. The van der Waals surface area contributed by atoms with Gasteiger partial charge in [0.1, 0.15) is 11.9 Å². The molecule has 0 atom stereocenters. The van der Waals surface area contributed by atoms with Crippen LogP contribution in [0.25, 0.3) is 0 Å². The summed E-state index contributed by atoms with van der Waals surface area (Å²) in [5.41, 5.74) is 0.426. The van der Waals surface area contributed by atoms with E-state index in [1.807, 2.05) is 12.1 Å². The van der Waals surface area contributed by atoms with Gasteiger partial charge in [0.25, 0.3) is 5.91 Å². The molecule has 2 aromatic rings. The van der Waals surface area contributed by atoms with E-state index >= 15 is 0 Å². The van der Waals surface area contributed by atoms with E-state index in [2.05, 4.69) is 0 Å². The Balaban J connectivity index is 1.58. The second-order valence-corrected chi connectivity index (χ2v) is 6.35. The summed E-state index contributed by atoms with van der Waals surface area (Å²) in [6.07, 6.45) is 1.55. The van der Waals surface area contributed by atoms with Crippen molar-refractivity contribution in [1.82, 2.24) is 4.90 Å². The molecule has 0 spiro atoms. The van der Waals surface area contributed by atoms with Crippen LogP contribution in [0.4, 0.5) is 4.39 Å². The Bertz CT molecular complexity index is 743. The topological polar surface area (TPSA) is 38.8 Å². The molecular weight excluding hydrogens is 345 g/mol. The van der Waals surface area contributed by atoms with Gasteiger partial charge in [0.15, 0.2) is 11.6 Å². The van der Waals surface area contributed by atoms with E-state index in [4.69, 9.17) is 21.1 Å². The largest absolute Gasteiger partial charge is 0.494 e. The van der Waals surface area contributed by atoms with Crippen LogP contribution in [-0.4, -0.2) is 37.1 Å². The molecular formula is C19H19ClFNO3. The third-order valence-corrected chi connectivity index (χ3v) is 4.50. The highest BCUT2D eigenvalue weighted by Crippen LogP contribution is 2.23. The Morgan fingerprint density at radius 3 is 2.48 bits per heavy atom. The van der Waals surface area contributed by atoms with E-state index < -0.39 is 5.82 Å². The van der Waals surface area contributed by atoms with Crippen LogP contribution in [0.15, 0.2) is 42.5 Å². The summed E-state index contributed by atoms with van der Waals surface area (Å²) in [4.78, 5) is 14.3. The van der Waals surface area contributed by atoms with Crippen LogP contribution < -0.4 is 9.47 Å². The van der Waals surface area contributed by atoms with E-state index in [0.717, 1.165) is 18.6 Å². The van der Waals surface area contributed by atoms with Crippen molar-refractivity contribution < 1.29 is 18.7 Å². The SMILES string of the molecule is COc1cc(C(=O)N2CCC(Oc3ccc(Cl)cc3)CC2)ccc1F. The normalized spacial score (nSPS) is 15.1. The minimum Gasteiger partial charge on any atom is -0.494 e. The monoisotopic (exact) mass is 363 g/mol. The van der Waals surface area contributed by atoms with Gasteiger partial charge in [-0.15, -0.1) is 0 Å². The van der Waals surface area contributed by atoms with Crippen LogP contribution in [0, 0.1) is 5.82 Å². The average Bonchev–Trinajstić information content (AvgIpc) is 2.64. The number of benzene rings is 2. The first kappa shape index (κ1) is 17.5. The summed E-state index contributed by atoms with van der Waals surface area (Å²) >= 11 is 5.87. The lowest BCUT2D eigenvalue weighted by atomic mass is 10.1.